The summed E-state index contributed by atoms with van der Waals surface area (Å²) in [5, 5.41) is 8.49. The molecule has 1 N–H and O–H groups in total. The second kappa shape index (κ2) is 13.6. The van der Waals surface area contributed by atoms with Gasteiger partial charge in [0.1, 0.15) is 5.78 Å². The highest BCUT2D eigenvalue weighted by Crippen LogP contribution is 2.12. The highest BCUT2D eigenvalue weighted by Gasteiger charge is 2.00. The van der Waals surface area contributed by atoms with Gasteiger partial charge < -0.3 is 5.11 Å². The summed E-state index contributed by atoms with van der Waals surface area (Å²) in [6.45, 7) is 2.05. The standard InChI is InChI=1S/C16H30O3/c1-2-12-15(17)13-10-8-6-4-3-5-7-9-11-14-16(18)19/h2-14H2,1H3,(H,18,19). The quantitative estimate of drug-likeness (QED) is 0.464. The Kier molecular flexibility index (Phi) is 13.0. The lowest BCUT2D eigenvalue weighted by Gasteiger charge is -2.02. The lowest BCUT2D eigenvalue weighted by Crippen LogP contribution is -1.96. The van der Waals surface area contributed by atoms with Crippen molar-refractivity contribution in [1.82, 2.24) is 0 Å². The number of carbonyl (C=O) groups excluding carboxylic acids is 1. The third-order valence-electron chi connectivity index (χ3n) is 3.38. The molecule has 0 aromatic carbocycles. The number of carbonyl (C=O) groups is 2. The first-order chi connectivity index (χ1) is 9.16. The van der Waals surface area contributed by atoms with Crippen LogP contribution >= 0.6 is 0 Å². The summed E-state index contributed by atoms with van der Waals surface area (Å²) in [5.74, 6) is -0.265. The lowest BCUT2D eigenvalue weighted by atomic mass is 10.0. The first-order valence-corrected chi connectivity index (χ1v) is 7.90. The van der Waals surface area contributed by atoms with Crippen LogP contribution in [0, 0.1) is 0 Å². The van der Waals surface area contributed by atoms with Crippen molar-refractivity contribution in [2.24, 2.45) is 0 Å². The molecule has 112 valence electrons. The number of ketones is 1. The Labute approximate surface area is 117 Å². The molecule has 0 rings (SSSR count). The molecule has 0 aliphatic carbocycles. The van der Waals surface area contributed by atoms with Gasteiger partial charge in [0.2, 0.25) is 0 Å². The van der Waals surface area contributed by atoms with E-state index in [4.69, 9.17) is 5.11 Å². The van der Waals surface area contributed by atoms with Crippen molar-refractivity contribution in [1.29, 1.82) is 0 Å². The molecule has 0 aromatic heterocycles. The number of Topliss-reactive ketones (excluding diaryl/α,β-unsaturated/α-hetero) is 1. The molecule has 19 heavy (non-hydrogen) atoms. The van der Waals surface area contributed by atoms with Crippen molar-refractivity contribution in [3.63, 3.8) is 0 Å². The number of unbranched alkanes of at least 4 members (excludes halogenated alkanes) is 8. The number of aliphatic carboxylic acids is 1. The zero-order valence-corrected chi connectivity index (χ0v) is 12.5. The third kappa shape index (κ3) is 15.1. The number of hydrogen-bond acceptors (Lipinski definition) is 2. The summed E-state index contributed by atoms with van der Waals surface area (Å²) in [5.41, 5.74) is 0. The molecule has 3 heteroatoms. The van der Waals surface area contributed by atoms with E-state index in [0.29, 0.717) is 12.2 Å². The van der Waals surface area contributed by atoms with Gasteiger partial charge in [0.05, 0.1) is 0 Å². The van der Waals surface area contributed by atoms with E-state index in [1.165, 1.54) is 32.1 Å². The summed E-state index contributed by atoms with van der Waals surface area (Å²) in [6.07, 6.45) is 13.0. The normalized spacial score (nSPS) is 10.6. The van der Waals surface area contributed by atoms with Gasteiger partial charge in [-0.25, -0.2) is 0 Å². The molecule has 0 radical (unpaired) electrons. The summed E-state index contributed by atoms with van der Waals surface area (Å²) in [4.78, 5) is 21.6. The van der Waals surface area contributed by atoms with Crippen LogP contribution in [0.1, 0.15) is 90.4 Å². The van der Waals surface area contributed by atoms with Gasteiger partial charge in [-0.2, -0.15) is 0 Å². The van der Waals surface area contributed by atoms with E-state index in [9.17, 15) is 9.59 Å². The Balaban J connectivity index is 3.06. The number of rotatable bonds is 14. The Bertz CT molecular complexity index is 236. The molecule has 0 saturated heterocycles. The SMILES string of the molecule is CCCC(=O)CCCCCCCCCCCC(=O)O. The highest BCUT2D eigenvalue weighted by atomic mass is 16.4. The topological polar surface area (TPSA) is 54.4 Å². The molecule has 0 aliphatic heterocycles. The van der Waals surface area contributed by atoms with Gasteiger partial charge in [0.15, 0.2) is 0 Å². The monoisotopic (exact) mass is 270 g/mol. The van der Waals surface area contributed by atoms with Crippen LogP contribution < -0.4 is 0 Å². The summed E-state index contributed by atoms with van der Waals surface area (Å²) < 4.78 is 0. The molecule has 0 fully saturated rings. The summed E-state index contributed by atoms with van der Waals surface area (Å²) in [7, 11) is 0. The predicted octanol–water partition coefficient (Wildman–Crippen LogP) is 4.73. The average Bonchev–Trinajstić information content (AvgIpc) is 2.36. The van der Waals surface area contributed by atoms with Crippen molar-refractivity contribution in [3.8, 4) is 0 Å². The van der Waals surface area contributed by atoms with E-state index in [1.807, 2.05) is 6.92 Å². The Morgan fingerprint density at radius 3 is 1.53 bits per heavy atom. The maximum atomic E-state index is 11.3. The van der Waals surface area contributed by atoms with E-state index in [0.717, 1.165) is 44.9 Å². The Morgan fingerprint density at radius 2 is 1.11 bits per heavy atom. The molecule has 0 heterocycles. The minimum Gasteiger partial charge on any atom is -0.481 e. The number of carboxylic acids is 1. The van der Waals surface area contributed by atoms with Crippen LogP contribution in [0.25, 0.3) is 0 Å². The zero-order valence-electron chi connectivity index (χ0n) is 12.5. The van der Waals surface area contributed by atoms with Crippen LogP contribution in [0.5, 0.6) is 0 Å². The van der Waals surface area contributed by atoms with E-state index in [1.54, 1.807) is 0 Å². The molecule has 0 atom stereocenters. The molecule has 0 aliphatic rings. The van der Waals surface area contributed by atoms with Crippen molar-refractivity contribution >= 4 is 11.8 Å². The molecule has 0 aromatic rings. The molecule has 0 unspecified atom stereocenters. The van der Waals surface area contributed by atoms with E-state index in [2.05, 4.69) is 0 Å². The second-order valence-electron chi connectivity index (χ2n) is 5.36. The molecule has 0 amide bonds. The number of carboxylic acid groups (broad SMARTS) is 1. The fraction of sp³-hybridized carbons (Fsp3) is 0.875. The van der Waals surface area contributed by atoms with Gasteiger partial charge in [-0.3, -0.25) is 9.59 Å². The minimum absolute atomic E-state index is 0.311. The summed E-state index contributed by atoms with van der Waals surface area (Å²) >= 11 is 0. The molecule has 0 bridgehead atoms. The predicted molar refractivity (Wildman–Crippen MR) is 78.3 cm³/mol. The van der Waals surface area contributed by atoms with Crippen LogP contribution in [-0.4, -0.2) is 16.9 Å². The molecular weight excluding hydrogens is 240 g/mol. The second-order valence-corrected chi connectivity index (χ2v) is 5.36. The van der Waals surface area contributed by atoms with Crippen LogP contribution in [0.15, 0.2) is 0 Å². The average molecular weight is 270 g/mol. The van der Waals surface area contributed by atoms with Crippen LogP contribution in [0.4, 0.5) is 0 Å². The largest absolute Gasteiger partial charge is 0.481 e. The van der Waals surface area contributed by atoms with Gasteiger partial charge in [-0.1, -0.05) is 51.9 Å². The van der Waals surface area contributed by atoms with Gasteiger partial charge in [-0.15, -0.1) is 0 Å². The van der Waals surface area contributed by atoms with Crippen molar-refractivity contribution < 1.29 is 14.7 Å². The fourth-order valence-electron chi connectivity index (χ4n) is 2.24. The van der Waals surface area contributed by atoms with Crippen LogP contribution in [0.3, 0.4) is 0 Å². The summed E-state index contributed by atoms with van der Waals surface area (Å²) in [6, 6.07) is 0. The number of hydrogen-bond donors (Lipinski definition) is 1. The van der Waals surface area contributed by atoms with Gasteiger partial charge in [0, 0.05) is 19.3 Å². The third-order valence-corrected chi connectivity index (χ3v) is 3.38. The van der Waals surface area contributed by atoms with Crippen molar-refractivity contribution in [2.75, 3.05) is 0 Å². The molecular formula is C16H30O3. The van der Waals surface area contributed by atoms with E-state index >= 15 is 0 Å². The van der Waals surface area contributed by atoms with Gasteiger partial charge in [0.25, 0.3) is 0 Å². The minimum atomic E-state index is -0.683. The first-order valence-electron chi connectivity index (χ1n) is 7.90. The zero-order chi connectivity index (χ0) is 14.3. The Hall–Kier alpha value is -0.860. The smallest absolute Gasteiger partial charge is 0.303 e. The molecule has 3 nitrogen and oxygen atoms in total. The Morgan fingerprint density at radius 1 is 0.684 bits per heavy atom. The van der Waals surface area contributed by atoms with E-state index in [-0.39, 0.29) is 0 Å². The van der Waals surface area contributed by atoms with Crippen molar-refractivity contribution in [3.05, 3.63) is 0 Å². The van der Waals surface area contributed by atoms with E-state index < -0.39 is 5.97 Å². The van der Waals surface area contributed by atoms with Gasteiger partial charge in [-0.05, 0) is 19.3 Å². The fourth-order valence-corrected chi connectivity index (χ4v) is 2.24. The first kappa shape index (κ1) is 18.1. The van der Waals surface area contributed by atoms with Gasteiger partial charge >= 0.3 is 5.97 Å². The van der Waals surface area contributed by atoms with Crippen LogP contribution in [0.2, 0.25) is 0 Å². The maximum absolute atomic E-state index is 11.3. The van der Waals surface area contributed by atoms with Crippen molar-refractivity contribution in [2.45, 2.75) is 90.4 Å². The van der Waals surface area contributed by atoms with Crippen LogP contribution in [-0.2, 0) is 9.59 Å². The molecule has 0 saturated carbocycles. The lowest BCUT2D eigenvalue weighted by molar-refractivity contribution is -0.137. The molecule has 0 spiro atoms. The maximum Gasteiger partial charge on any atom is 0.303 e. The highest BCUT2D eigenvalue weighted by molar-refractivity contribution is 5.78.